The lowest BCUT2D eigenvalue weighted by atomic mass is 9.98. The van der Waals surface area contributed by atoms with E-state index in [1.165, 1.54) is 6.92 Å². The van der Waals surface area contributed by atoms with Gasteiger partial charge in [0.05, 0.1) is 11.5 Å². The van der Waals surface area contributed by atoms with Gasteiger partial charge in [0, 0.05) is 11.4 Å². The topological polar surface area (TPSA) is 109 Å². The van der Waals surface area contributed by atoms with E-state index in [9.17, 15) is 14.7 Å². The summed E-state index contributed by atoms with van der Waals surface area (Å²) in [6.45, 7) is 5.02. The Balaban J connectivity index is 2.58. The van der Waals surface area contributed by atoms with Crippen LogP contribution < -0.4 is 11.3 Å². The molecule has 6 nitrogen and oxygen atoms in total. The first-order valence-electron chi connectivity index (χ1n) is 7.17. The van der Waals surface area contributed by atoms with Gasteiger partial charge in [0.15, 0.2) is 0 Å². The second-order valence-corrected chi connectivity index (χ2v) is 5.46. The van der Waals surface area contributed by atoms with Crippen molar-refractivity contribution < 1.29 is 9.90 Å². The molecule has 0 aliphatic heterocycles. The second kappa shape index (κ2) is 6.48. The van der Waals surface area contributed by atoms with Gasteiger partial charge < -0.3 is 15.8 Å². The second-order valence-electron chi connectivity index (χ2n) is 5.46. The molecule has 2 aromatic rings. The van der Waals surface area contributed by atoms with Crippen LogP contribution in [0.25, 0.3) is 11.6 Å². The molecule has 1 aromatic carbocycles. The fraction of sp³-hybridized carbons (Fsp3) is 0.235. The number of allylic oxidation sites excluding steroid dienone is 1. The monoisotopic (exact) mass is 313 g/mol. The molecule has 6 heteroatoms. The summed E-state index contributed by atoms with van der Waals surface area (Å²) < 4.78 is 0. The molecule has 120 valence electrons. The number of hydrogen-bond acceptors (Lipinski definition) is 4. The Kier molecular flexibility index (Phi) is 4.64. The molecule has 23 heavy (non-hydrogen) atoms. The summed E-state index contributed by atoms with van der Waals surface area (Å²) >= 11 is 0. The van der Waals surface area contributed by atoms with Crippen molar-refractivity contribution in [3.05, 3.63) is 57.3 Å². The van der Waals surface area contributed by atoms with Crippen LogP contribution in [-0.4, -0.2) is 21.0 Å². The van der Waals surface area contributed by atoms with Gasteiger partial charge in [-0.25, -0.2) is 0 Å². The number of carboxylic acids is 1. The van der Waals surface area contributed by atoms with Crippen LogP contribution in [0.3, 0.4) is 0 Å². The number of aromatic nitrogens is 2. The molecule has 2 rings (SSSR count). The Morgan fingerprint density at radius 1 is 1.35 bits per heavy atom. The van der Waals surface area contributed by atoms with Gasteiger partial charge in [0.1, 0.15) is 5.82 Å². The van der Waals surface area contributed by atoms with E-state index >= 15 is 0 Å². The number of H-pyrrole nitrogens is 1. The van der Waals surface area contributed by atoms with E-state index in [-0.39, 0.29) is 5.56 Å². The van der Waals surface area contributed by atoms with E-state index in [1.54, 1.807) is 25.1 Å². The quantitative estimate of drug-likeness (QED) is 0.751. The van der Waals surface area contributed by atoms with Gasteiger partial charge in [-0.05, 0) is 50.1 Å². The molecule has 0 aliphatic carbocycles. The Morgan fingerprint density at radius 3 is 2.52 bits per heavy atom. The maximum absolute atomic E-state index is 12.1. The van der Waals surface area contributed by atoms with Crippen LogP contribution >= 0.6 is 0 Å². The molecule has 0 amide bonds. The number of aryl methyl sites for hydroxylation is 1. The molecule has 1 aromatic heterocycles. The number of aliphatic carboxylic acids is 1. The molecular weight excluding hydrogens is 294 g/mol. The molecule has 0 aliphatic rings. The smallest absolute Gasteiger partial charge is 0.310 e. The fourth-order valence-electron chi connectivity index (χ4n) is 2.32. The molecule has 0 saturated carbocycles. The zero-order chi connectivity index (χ0) is 17.1. The fourth-order valence-corrected chi connectivity index (χ4v) is 2.32. The van der Waals surface area contributed by atoms with E-state index in [4.69, 9.17) is 5.73 Å². The number of hydrogen-bond donors (Lipinski definition) is 3. The predicted octanol–water partition coefficient (Wildman–Crippen LogP) is 2.41. The summed E-state index contributed by atoms with van der Waals surface area (Å²) in [7, 11) is 0. The third-order valence-corrected chi connectivity index (χ3v) is 3.64. The van der Waals surface area contributed by atoms with Gasteiger partial charge in [-0.1, -0.05) is 12.1 Å². The summed E-state index contributed by atoms with van der Waals surface area (Å²) in [5, 5.41) is 9.22. The highest BCUT2D eigenvalue weighted by Crippen LogP contribution is 2.22. The number of nitrogen functional groups attached to an aromatic ring is 1. The van der Waals surface area contributed by atoms with Gasteiger partial charge in [0.2, 0.25) is 0 Å². The lowest BCUT2D eigenvalue weighted by Crippen LogP contribution is -2.23. The first-order chi connectivity index (χ1) is 10.8. The third kappa shape index (κ3) is 3.66. The van der Waals surface area contributed by atoms with Crippen molar-refractivity contribution >= 4 is 23.3 Å². The number of nitrogens with zero attached hydrogens (tertiary/aromatic N) is 1. The summed E-state index contributed by atoms with van der Waals surface area (Å²) in [4.78, 5) is 30.2. The van der Waals surface area contributed by atoms with Gasteiger partial charge in [-0.2, -0.15) is 4.98 Å². The Morgan fingerprint density at radius 2 is 1.96 bits per heavy atom. The highest BCUT2D eigenvalue weighted by atomic mass is 16.4. The molecule has 0 bridgehead atoms. The van der Waals surface area contributed by atoms with Crippen molar-refractivity contribution in [2.24, 2.45) is 0 Å². The molecular formula is C17H19N3O3. The number of benzene rings is 1. The van der Waals surface area contributed by atoms with Crippen LogP contribution in [0.15, 0.2) is 29.1 Å². The minimum Gasteiger partial charge on any atom is -0.481 e. The first kappa shape index (κ1) is 16.5. The number of nitrogens with two attached hydrogens (primary N) is 1. The molecule has 0 spiro atoms. The van der Waals surface area contributed by atoms with Crippen LogP contribution in [0.1, 0.15) is 42.4 Å². The van der Waals surface area contributed by atoms with Gasteiger partial charge in [-0.15, -0.1) is 0 Å². The number of nitrogens with one attached hydrogen (secondary N) is 1. The van der Waals surface area contributed by atoms with Crippen molar-refractivity contribution in [1.82, 2.24) is 9.97 Å². The van der Waals surface area contributed by atoms with Crippen molar-refractivity contribution in [3.8, 4) is 0 Å². The lowest BCUT2D eigenvalue weighted by molar-refractivity contribution is -0.138. The molecule has 0 radical (unpaired) electrons. The number of carbonyl (C=O) groups is 1. The van der Waals surface area contributed by atoms with E-state index in [1.807, 2.05) is 19.1 Å². The van der Waals surface area contributed by atoms with Crippen LogP contribution in [0.5, 0.6) is 0 Å². The molecule has 1 atom stereocenters. The molecule has 0 fully saturated rings. The maximum Gasteiger partial charge on any atom is 0.310 e. The Labute approximate surface area is 133 Å². The molecule has 0 saturated heterocycles. The zero-order valence-corrected chi connectivity index (χ0v) is 13.3. The van der Waals surface area contributed by atoms with Crippen molar-refractivity contribution in [1.29, 1.82) is 0 Å². The van der Waals surface area contributed by atoms with Gasteiger partial charge in [-0.3, -0.25) is 9.59 Å². The van der Waals surface area contributed by atoms with Crippen molar-refractivity contribution in [3.63, 3.8) is 0 Å². The lowest BCUT2D eigenvalue weighted by Gasteiger charge is -2.11. The van der Waals surface area contributed by atoms with E-state index in [0.29, 0.717) is 17.2 Å². The highest BCUT2D eigenvalue weighted by Gasteiger charge is 2.21. The number of carboxylic acid groups (broad SMARTS) is 1. The van der Waals surface area contributed by atoms with Crippen LogP contribution in [0.2, 0.25) is 0 Å². The standard InChI is InChI=1S/C17H19N3O3/c1-9(12-4-6-13(18)7-5-12)8-14-15(10(2)17(22)23)16(21)20-11(3)19-14/h4-8,10H,18H2,1-3H3,(H,22,23)(H,19,20,21)/b9-8+. The van der Waals surface area contributed by atoms with Crippen LogP contribution in [0, 0.1) is 6.92 Å². The molecule has 4 N–H and O–H groups in total. The highest BCUT2D eigenvalue weighted by molar-refractivity contribution is 5.83. The van der Waals surface area contributed by atoms with Crippen molar-refractivity contribution in [2.75, 3.05) is 5.73 Å². The number of anilines is 1. The third-order valence-electron chi connectivity index (χ3n) is 3.64. The molecule has 1 unspecified atom stereocenters. The molecule has 1 heterocycles. The summed E-state index contributed by atoms with van der Waals surface area (Å²) in [6, 6.07) is 7.31. The maximum atomic E-state index is 12.1. The average Bonchev–Trinajstić information content (AvgIpc) is 2.46. The summed E-state index contributed by atoms with van der Waals surface area (Å²) in [6.07, 6.45) is 1.76. The SMILES string of the molecule is C/C(=C\c1[nH]c(C)nc(=O)c1C(C)C(=O)O)c1ccc(N)cc1. The first-order valence-corrected chi connectivity index (χ1v) is 7.17. The number of aromatic amines is 1. The zero-order valence-electron chi connectivity index (χ0n) is 13.3. The van der Waals surface area contributed by atoms with Crippen molar-refractivity contribution in [2.45, 2.75) is 26.7 Å². The van der Waals surface area contributed by atoms with Gasteiger partial charge in [0.25, 0.3) is 5.56 Å². The normalized spacial score (nSPS) is 12.9. The van der Waals surface area contributed by atoms with Crippen LogP contribution in [0.4, 0.5) is 5.69 Å². The minimum absolute atomic E-state index is 0.151. The summed E-state index contributed by atoms with van der Waals surface area (Å²) in [5.41, 5.74) is 8.25. The Bertz CT molecular complexity index is 820. The minimum atomic E-state index is -1.07. The summed E-state index contributed by atoms with van der Waals surface area (Å²) in [5.74, 6) is -1.58. The largest absolute Gasteiger partial charge is 0.481 e. The average molecular weight is 313 g/mol. The van der Waals surface area contributed by atoms with E-state index in [0.717, 1.165) is 11.1 Å². The predicted molar refractivity (Wildman–Crippen MR) is 90.0 cm³/mol. The van der Waals surface area contributed by atoms with E-state index in [2.05, 4.69) is 9.97 Å². The van der Waals surface area contributed by atoms with Crippen LogP contribution in [-0.2, 0) is 4.79 Å². The van der Waals surface area contributed by atoms with Gasteiger partial charge >= 0.3 is 5.97 Å². The number of rotatable bonds is 4. The Hall–Kier alpha value is -2.89. The van der Waals surface area contributed by atoms with E-state index < -0.39 is 17.4 Å².